The highest BCUT2D eigenvalue weighted by molar-refractivity contribution is 5.53. The minimum absolute atomic E-state index is 0.184. The number of hydrogen-bond acceptors (Lipinski definition) is 3. The fourth-order valence-corrected chi connectivity index (χ4v) is 2.70. The molecule has 1 aliphatic rings. The van der Waals surface area contributed by atoms with Gasteiger partial charge in [0.25, 0.3) is 0 Å². The number of aryl methyl sites for hydroxylation is 2. The molecule has 1 aromatic rings. The minimum Gasteiger partial charge on any atom is -0.396 e. The second-order valence-corrected chi connectivity index (χ2v) is 6.15. The third kappa shape index (κ3) is 2.06. The van der Waals surface area contributed by atoms with Crippen LogP contribution in [0.2, 0.25) is 0 Å². The smallest absolute Gasteiger partial charge is 0.128 e. The summed E-state index contributed by atoms with van der Waals surface area (Å²) < 4.78 is 1.89. The van der Waals surface area contributed by atoms with Gasteiger partial charge in [-0.2, -0.15) is 5.10 Å². The summed E-state index contributed by atoms with van der Waals surface area (Å²) >= 11 is 0. The number of aromatic nitrogens is 2. The zero-order chi connectivity index (χ0) is 12.8. The number of nitrogens with zero attached hydrogens (tertiary/aromatic N) is 2. The summed E-state index contributed by atoms with van der Waals surface area (Å²) in [6, 6.07) is 0.377. The lowest BCUT2D eigenvalue weighted by molar-refractivity contribution is 0.224. The predicted octanol–water partition coefficient (Wildman–Crippen LogP) is 2.03. The Labute approximate surface area is 103 Å². The van der Waals surface area contributed by atoms with Gasteiger partial charge in [0.15, 0.2) is 0 Å². The van der Waals surface area contributed by atoms with Gasteiger partial charge in [-0.1, -0.05) is 20.8 Å². The van der Waals surface area contributed by atoms with Crippen molar-refractivity contribution in [1.82, 2.24) is 9.78 Å². The first-order chi connectivity index (χ1) is 7.84. The maximum absolute atomic E-state index is 9.59. The Kier molecular flexibility index (Phi) is 2.94. The van der Waals surface area contributed by atoms with Crippen molar-refractivity contribution in [3.05, 3.63) is 11.3 Å². The van der Waals surface area contributed by atoms with E-state index in [1.54, 1.807) is 0 Å². The maximum Gasteiger partial charge on any atom is 0.128 e. The normalized spacial score (nSPS) is 24.4. The average Bonchev–Trinajstić information content (AvgIpc) is 2.52. The van der Waals surface area contributed by atoms with Crippen molar-refractivity contribution in [3.8, 4) is 0 Å². The molecule has 17 heavy (non-hydrogen) atoms. The molecule has 0 saturated heterocycles. The quantitative estimate of drug-likeness (QED) is 0.786. The number of aliphatic hydroxyl groups excluding tert-OH is 1. The number of aliphatic hydroxyl groups is 1. The highest BCUT2D eigenvalue weighted by atomic mass is 16.3. The van der Waals surface area contributed by atoms with Crippen molar-refractivity contribution >= 4 is 5.82 Å². The number of nitrogens with one attached hydrogen (secondary N) is 1. The SMILES string of the molecule is Cc1nn(C)c2c1[C@@H](CO)C[C@H](C(C)(C)C)N2. The van der Waals surface area contributed by atoms with Crippen LogP contribution in [-0.2, 0) is 7.05 Å². The van der Waals surface area contributed by atoms with Gasteiger partial charge in [0, 0.05) is 24.6 Å². The van der Waals surface area contributed by atoms with Crippen molar-refractivity contribution in [2.45, 2.75) is 46.1 Å². The van der Waals surface area contributed by atoms with Crippen LogP contribution in [0.3, 0.4) is 0 Å². The zero-order valence-electron chi connectivity index (χ0n) is 11.4. The Balaban J connectivity index is 2.42. The van der Waals surface area contributed by atoms with Crippen LogP contribution in [-0.4, -0.2) is 27.5 Å². The van der Waals surface area contributed by atoms with E-state index in [-0.39, 0.29) is 17.9 Å². The minimum atomic E-state index is 0.184. The lowest BCUT2D eigenvalue weighted by Gasteiger charge is -2.38. The van der Waals surface area contributed by atoms with Crippen molar-refractivity contribution < 1.29 is 5.11 Å². The summed E-state index contributed by atoms with van der Waals surface area (Å²) in [5, 5.41) is 17.6. The summed E-state index contributed by atoms with van der Waals surface area (Å²) in [7, 11) is 1.96. The van der Waals surface area contributed by atoms with Gasteiger partial charge in [-0.05, 0) is 18.8 Å². The molecule has 4 nitrogen and oxygen atoms in total. The van der Waals surface area contributed by atoms with Crippen LogP contribution in [0.4, 0.5) is 5.82 Å². The fraction of sp³-hybridized carbons (Fsp3) is 0.769. The molecule has 0 bridgehead atoms. The van der Waals surface area contributed by atoms with E-state index in [2.05, 4.69) is 31.2 Å². The van der Waals surface area contributed by atoms with Gasteiger partial charge in [-0.15, -0.1) is 0 Å². The molecule has 0 radical (unpaired) electrons. The predicted molar refractivity (Wildman–Crippen MR) is 69.3 cm³/mol. The topological polar surface area (TPSA) is 50.1 Å². The number of rotatable bonds is 1. The van der Waals surface area contributed by atoms with E-state index in [0.29, 0.717) is 6.04 Å². The molecule has 1 aromatic heterocycles. The molecule has 2 heterocycles. The van der Waals surface area contributed by atoms with Crippen molar-refractivity contribution in [2.24, 2.45) is 12.5 Å². The standard InChI is InChI=1S/C13H23N3O/c1-8-11-9(7-17)6-10(13(2,3)4)14-12(11)16(5)15-8/h9-10,14,17H,6-7H2,1-5H3/t9-,10-/m1/s1. The van der Waals surface area contributed by atoms with E-state index >= 15 is 0 Å². The third-order valence-electron chi connectivity index (χ3n) is 3.77. The molecular weight excluding hydrogens is 214 g/mol. The molecule has 2 rings (SSSR count). The second kappa shape index (κ2) is 4.02. The van der Waals surface area contributed by atoms with Gasteiger partial charge in [0.2, 0.25) is 0 Å². The van der Waals surface area contributed by atoms with Crippen molar-refractivity contribution in [3.63, 3.8) is 0 Å². The Morgan fingerprint density at radius 2 is 2.12 bits per heavy atom. The summed E-state index contributed by atoms with van der Waals surface area (Å²) in [5.41, 5.74) is 2.40. The van der Waals surface area contributed by atoms with E-state index in [1.807, 2.05) is 18.7 Å². The van der Waals surface area contributed by atoms with Gasteiger partial charge in [0.1, 0.15) is 5.82 Å². The molecule has 4 heteroatoms. The van der Waals surface area contributed by atoms with Gasteiger partial charge >= 0.3 is 0 Å². The molecule has 0 spiro atoms. The van der Waals surface area contributed by atoms with Crippen molar-refractivity contribution in [2.75, 3.05) is 11.9 Å². The molecule has 0 saturated carbocycles. The van der Waals surface area contributed by atoms with Crippen LogP contribution in [0.5, 0.6) is 0 Å². The summed E-state index contributed by atoms with van der Waals surface area (Å²) in [4.78, 5) is 0. The molecule has 0 amide bonds. The molecule has 1 aliphatic heterocycles. The van der Waals surface area contributed by atoms with Crippen LogP contribution in [0, 0.1) is 12.3 Å². The average molecular weight is 237 g/mol. The first kappa shape index (κ1) is 12.4. The Hall–Kier alpha value is -1.03. The highest BCUT2D eigenvalue weighted by Crippen LogP contribution is 2.40. The molecule has 2 N–H and O–H groups in total. The van der Waals surface area contributed by atoms with E-state index in [9.17, 15) is 5.11 Å². The Morgan fingerprint density at radius 3 is 2.65 bits per heavy atom. The van der Waals surface area contributed by atoms with Gasteiger partial charge in [0.05, 0.1) is 12.3 Å². The molecule has 0 unspecified atom stereocenters. The highest BCUT2D eigenvalue weighted by Gasteiger charge is 2.36. The Morgan fingerprint density at radius 1 is 1.47 bits per heavy atom. The number of hydrogen-bond donors (Lipinski definition) is 2. The van der Waals surface area contributed by atoms with Crippen LogP contribution in [0.15, 0.2) is 0 Å². The molecule has 96 valence electrons. The van der Waals surface area contributed by atoms with Gasteiger partial charge in [-0.3, -0.25) is 4.68 Å². The molecular formula is C13H23N3O. The van der Waals surface area contributed by atoms with E-state index in [0.717, 1.165) is 17.9 Å². The zero-order valence-corrected chi connectivity index (χ0v) is 11.4. The van der Waals surface area contributed by atoms with Crippen LogP contribution < -0.4 is 5.32 Å². The fourth-order valence-electron chi connectivity index (χ4n) is 2.70. The van der Waals surface area contributed by atoms with Gasteiger partial charge in [-0.25, -0.2) is 0 Å². The first-order valence-electron chi connectivity index (χ1n) is 6.25. The summed E-state index contributed by atoms with van der Waals surface area (Å²) in [6.45, 7) is 8.91. The number of anilines is 1. The van der Waals surface area contributed by atoms with Crippen LogP contribution in [0.1, 0.15) is 44.4 Å². The van der Waals surface area contributed by atoms with Crippen molar-refractivity contribution in [1.29, 1.82) is 0 Å². The lowest BCUT2D eigenvalue weighted by atomic mass is 9.77. The number of fused-ring (bicyclic) bond motifs is 1. The largest absolute Gasteiger partial charge is 0.396 e. The first-order valence-corrected chi connectivity index (χ1v) is 6.25. The lowest BCUT2D eigenvalue weighted by Crippen LogP contribution is -2.39. The van der Waals surface area contributed by atoms with E-state index in [1.165, 1.54) is 5.56 Å². The molecule has 0 aromatic carbocycles. The maximum atomic E-state index is 9.59. The van der Waals surface area contributed by atoms with Gasteiger partial charge < -0.3 is 10.4 Å². The molecule has 0 aliphatic carbocycles. The monoisotopic (exact) mass is 237 g/mol. The second-order valence-electron chi connectivity index (χ2n) is 6.15. The third-order valence-corrected chi connectivity index (χ3v) is 3.77. The summed E-state index contributed by atoms with van der Waals surface area (Å²) in [6.07, 6.45) is 0.972. The van der Waals surface area contributed by atoms with Crippen LogP contribution in [0.25, 0.3) is 0 Å². The Bertz CT molecular complexity index is 417. The summed E-state index contributed by atoms with van der Waals surface area (Å²) in [5.74, 6) is 1.29. The van der Waals surface area contributed by atoms with E-state index in [4.69, 9.17) is 0 Å². The molecule has 0 fully saturated rings. The van der Waals surface area contributed by atoms with Crippen LogP contribution >= 0.6 is 0 Å². The van der Waals surface area contributed by atoms with E-state index < -0.39 is 0 Å². The molecule has 2 atom stereocenters.